The Kier molecular flexibility index (Phi) is 8.16. The number of allylic oxidation sites excluding steroid dienone is 2. The maximum atomic E-state index is 9.14. The number of rotatable bonds is 10. The Bertz CT molecular complexity index is 704. The van der Waals surface area contributed by atoms with E-state index in [1.807, 2.05) is 29.2 Å². The van der Waals surface area contributed by atoms with E-state index in [4.69, 9.17) is 25.8 Å². The van der Waals surface area contributed by atoms with Crippen LogP contribution in [-0.2, 0) is 4.74 Å². The molecule has 7 nitrogen and oxygen atoms in total. The molecule has 1 aromatic carbocycles. The lowest BCUT2D eigenvalue weighted by molar-refractivity contribution is 0.225. The van der Waals surface area contributed by atoms with Crippen LogP contribution in [0, 0.1) is 10.8 Å². The highest BCUT2D eigenvalue weighted by molar-refractivity contribution is 6.51. The third-order valence-electron chi connectivity index (χ3n) is 4.19. The van der Waals surface area contributed by atoms with Crippen molar-refractivity contribution in [3.05, 3.63) is 36.1 Å². The fraction of sp³-hybridized carbons (Fsp3) is 0.450. The van der Waals surface area contributed by atoms with Crippen molar-refractivity contribution >= 4 is 28.5 Å². The maximum Gasteiger partial charge on any atom is 0.142 e. The van der Waals surface area contributed by atoms with E-state index in [2.05, 4.69) is 11.9 Å². The summed E-state index contributed by atoms with van der Waals surface area (Å²) in [6.07, 6.45) is 3.83. The minimum absolute atomic E-state index is 0.0127. The van der Waals surface area contributed by atoms with Crippen molar-refractivity contribution in [2.45, 2.75) is 26.2 Å². The summed E-state index contributed by atoms with van der Waals surface area (Å²) in [5.41, 5.74) is 2.71. The van der Waals surface area contributed by atoms with Crippen LogP contribution in [0.15, 0.2) is 41.1 Å². The Balaban J connectivity index is 2.17. The molecule has 0 atom stereocenters. The summed E-state index contributed by atoms with van der Waals surface area (Å²) in [5.74, 6) is 0.492. The molecule has 0 aliphatic heterocycles. The molecule has 0 saturated heterocycles. The zero-order chi connectivity index (χ0) is 19.6. The monoisotopic (exact) mass is 372 g/mol. The zero-order valence-corrected chi connectivity index (χ0v) is 15.7. The van der Waals surface area contributed by atoms with E-state index in [1.54, 1.807) is 6.08 Å². The number of nitrogens with one attached hydrogen (secondary N) is 2. The molecular formula is C20H28N4O3. The number of nitrogens with zero attached hydrogens (tertiary/aromatic N) is 2. The minimum atomic E-state index is 0.0127. The number of aliphatic imine (C=N–C) groups is 1. The van der Waals surface area contributed by atoms with Crippen molar-refractivity contribution in [3.63, 3.8) is 0 Å². The topological polar surface area (TPSA) is 113 Å². The van der Waals surface area contributed by atoms with Crippen LogP contribution in [-0.4, -0.2) is 60.3 Å². The van der Waals surface area contributed by atoms with Crippen LogP contribution in [0.25, 0.3) is 0 Å². The van der Waals surface area contributed by atoms with Gasteiger partial charge in [-0.25, -0.2) is 4.99 Å². The molecular weight excluding hydrogens is 344 g/mol. The Hall–Kier alpha value is -2.51. The predicted molar refractivity (Wildman–Crippen MR) is 109 cm³/mol. The number of hydrogen-bond acceptors (Lipinski definition) is 7. The van der Waals surface area contributed by atoms with Crippen LogP contribution in [0.2, 0.25) is 0 Å². The molecule has 0 fully saturated rings. The first-order chi connectivity index (χ1) is 13.1. The molecule has 1 aliphatic rings. The molecule has 146 valence electrons. The fourth-order valence-corrected chi connectivity index (χ4v) is 2.70. The van der Waals surface area contributed by atoms with Crippen molar-refractivity contribution in [1.82, 2.24) is 0 Å². The summed E-state index contributed by atoms with van der Waals surface area (Å²) in [4.78, 5) is 6.42. The fourth-order valence-electron chi connectivity index (χ4n) is 2.70. The van der Waals surface area contributed by atoms with Gasteiger partial charge in [-0.1, -0.05) is 13.3 Å². The van der Waals surface area contributed by atoms with E-state index >= 15 is 0 Å². The second kappa shape index (κ2) is 10.6. The molecule has 0 radical (unpaired) electrons. The summed E-state index contributed by atoms with van der Waals surface area (Å²) < 4.78 is 5.66. The number of unbranched alkanes of at least 4 members (excludes halogenated alkanes) is 1. The summed E-state index contributed by atoms with van der Waals surface area (Å²) in [6, 6.07) is 7.43. The van der Waals surface area contributed by atoms with Gasteiger partial charge in [0.05, 0.1) is 42.6 Å². The highest BCUT2D eigenvalue weighted by Gasteiger charge is 2.20. The Morgan fingerprint density at radius 2 is 1.74 bits per heavy atom. The number of benzene rings is 1. The molecule has 0 heterocycles. The Morgan fingerprint density at radius 1 is 1.07 bits per heavy atom. The minimum Gasteiger partial charge on any atom is -0.492 e. The molecule has 1 aromatic rings. The van der Waals surface area contributed by atoms with E-state index in [1.165, 1.54) is 0 Å². The second-order valence-electron chi connectivity index (χ2n) is 6.29. The van der Waals surface area contributed by atoms with Crippen LogP contribution in [0.3, 0.4) is 0 Å². The van der Waals surface area contributed by atoms with Gasteiger partial charge < -0.3 is 30.7 Å². The molecule has 0 aromatic heterocycles. The van der Waals surface area contributed by atoms with Crippen LogP contribution < -0.4 is 4.90 Å². The third-order valence-corrected chi connectivity index (χ3v) is 4.19. The molecule has 0 saturated carbocycles. The second-order valence-corrected chi connectivity index (χ2v) is 6.29. The van der Waals surface area contributed by atoms with Crippen LogP contribution in [0.5, 0.6) is 0 Å². The molecule has 2 rings (SSSR count). The van der Waals surface area contributed by atoms with E-state index < -0.39 is 0 Å². The highest BCUT2D eigenvalue weighted by Crippen LogP contribution is 2.22. The predicted octanol–water partition coefficient (Wildman–Crippen LogP) is 2.69. The Labute approximate surface area is 160 Å². The lowest BCUT2D eigenvalue weighted by atomic mass is 9.99. The van der Waals surface area contributed by atoms with Gasteiger partial charge in [0, 0.05) is 31.3 Å². The molecule has 0 unspecified atom stereocenters. The van der Waals surface area contributed by atoms with Gasteiger partial charge in [-0.3, -0.25) is 0 Å². The molecule has 4 N–H and O–H groups in total. The quantitative estimate of drug-likeness (QED) is 0.473. The first-order valence-electron chi connectivity index (χ1n) is 9.24. The molecule has 27 heavy (non-hydrogen) atoms. The molecule has 0 amide bonds. The average Bonchev–Trinajstić information content (AvgIpc) is 2.66. The number of ether oxygens (including phenoxy) is 1. The lowest BCUT2D eigenvalue weighted by Crippen LogP contribution is -2.29. The van der Waals surface area contributed by atoms with Gasteiger partial charge in [0.2, 0.25) is 0 Å². The van der Waals surface area contributed by atoms with Crippen LogP contribution >= 0.6 is 0 Å². The Morgan fingerprint density at radius 3 is 2.33 bits per heavy atom. The van der Waals surface area contributed by atoms with E-state index in [-0.39, 0.29) is 19.6 Å². The maximum absolute atomic E-state index is 9.14. The lowest BCUT2D eigenvalue weighted by Gasteiger charge is -2.23. The number of anilines is 1. The van der Waals surface area contributed by atoms with Crippen LogP contribution in [0.1, 0.15) is 26.2 Å². The van der Waals surface area contributed by atoms with Crippen molar-refractivity contribution in [3.8, 4) is 0 Å². The van der Waals surface area contributed by atoms with Gasteiger partial charge >= 0.3 is 0 Å². The summed E-state index contributed by atoms with van der Waals surface area (Å²) in [6.45, 7) is 3.56. The molecule has 0 spiro atoms. The highest BCUT2D eigenvalue weighted by atomic mass is 16.5. The smallest absolute Gasteiger partial charge is 0.142 e. The van der Waals surface area contributed by atoms with Crippen molar-refractivity contribution < 1.29 is 14.9 Å². The summed E-state index contributed by atoms with van der Waals surface area (Å²) in [7, 11) is 0. The van der Waals surface area contributed by atoms with E-state index in [9.17, 15) is 0 Å². The van der Waals surface area contributed by atoms with Crippen molar-refractivity contribution in [1.29, 1.82) is 10.8 Å². The van der Waals surface area contributed by atoms with Gasteiger partial charge in [0.25, 0.3) is 0 Å². The standard InChI is InChI=1S/C20H28N4O3/c1-2-3-12-27-20-14-19(17(21)13-18(20)22)23-15-4-6-16(7-5-15)24(8-10-25)9-11-26/h4-7,14,21-22,25-26H,2-3,8-13H2,1H3. The molecule has 1 aliphatic carbocycles. The zero-order valence-electron chi connectivity index (χ0n) is 15.7. The summed E-state index contributed by atoms with van der Waals surface area (Å²) in [5, 5.41) is 34.4. The van der Waals surface area contributed by atoms with Gasteiger partial charge in [0.1, 0.15) is 5.76 Å². The van der Waals surface area contributed by atoms with Gasteiger partial charge in [0.15, 0.2) is 0 Å². The van der Waals surface area contributed by atoms with E-state index in [0.717, 1.165) is 18.5 Å². The number of hydrogen-bond donors (Lipinski definition) is 4. The number of aliphatic hydroxyl groups is 2. The number of aliphatic hydroxyl groups excluding tert-OH is 2. The van der Waals surface area contributed by atoms with Gasteiger partial charge in [-0.15, -0.1) is 0 Å². The normalized spacial score (nSPS) is 15.8. The first-order valence-corrected chi connectivity index (χ1v) is 9.24. The molecule has 7 heteroatoms. The van der Waals surface area contributed by atoms with Gasteiger partial charge in [-0.05, 0) is 30.7 Å². The first kappa shape index (κ1) is 20.8. The molecule has 0 bridgehead atoms. The third kappa shape index (κ3) is 6.01. The summed E-state index contributed by atoms with van der Waals surface area (Å²) >= 11 is 0. The SMILES string of the molecule is CCCCOC1=CC(=Nc2ccc(N(CCO)CCO)cc2)C(=N)CC1=N. The average molecular weight is 372 g/mol. The van der Waals surface area contributed by atoms with Crippen LogP contribution in [0.4, 0.5) is 11.4 Å². The van der Waals surface area contributed by atoms with Crippen molar-refractivity contribution in [2.75, 3.05) is 37.8 Å². The van der Waals surface area contributed by atoms with E-state index in [0.29, 0.717) is 48.3 Å². The van der Waals surface area contributed by atoms with Crippen molar-refractivity contribution in [2.24, 2.45) is 4.99 Å². The van der Waals surface area contributed by atoms with Gasteiger partial charge in [-0.2, -0.15) is 0 Å². The largest absolute Gasteiger partial charge is 0.492 e.